The van der Waals surface area contributed by atoms with Gasteiger partial charge in [-0.1, -0.05) is 107 Å². The van der Waals surface area contributed by atoms with Gasteiger partial charge in [0.15, 0.2) is 0 Å². The number of nitrogens with one attached hydrogen (secondary N) is 1. The van der Waals surface area contributed by atoms with Gasteiger partial charge in [-0.3, -0.25) is 4.79 Å². The minimum atomic E-state index is -0.178. The second-order valence-corrected chi connectivity index (χ2v) is 7.32. The van der Waals surface area contributed by atoms with Crippen LogP contribution >= 0.6 is 0 Å². The molecule has 1 heterocycles. The number of Topliss-reactive ketones (excluding diaryl/α,β-unsaturated/α-hetero) is 1. The Morgan fingerprint density at radius 3 is 1.55 bits per heavy atom. The van der Waals surface area contributed by atoms with Crippen LogP contribution in [0.25, 0.3) is 33.0 Å². The predicted octanol–water partition coefficient (Wildman–Crippen LogP) is 6.81. The van der Waals surface area contributed by atoms with Gasteiger partial charge in [-0.2, -0.15) is 0 Å². The highest BCUT2D eigenvalue weighted by Gasteiger charge is 2.27. The van der Waals surface area contributed by atoms with Crippen molar-refractivity contribution in [2.75, 3.05) is 13.1 Å². The van der Waals surface area contributed by atoms with Crippen LogP contribution in [0.4, 0.5) is 11.4 Å². The van der Waals surface area contributed by atoms with Gasteiger partial charge in [0.25, 0.3) is 0 Å². The molecule has 0 spiro atoms. The molecule has 8 heteroatoms. The van der Waals surface area contributed by atoms with Crippen molar-refractivity contribution in [2.45, 2.75) is 0 Å². The fraction of sp³-hybridized carbons (Fsp3) is 0.160. The fourth-order valence-corrected chi connectivity index (χ4v) is 3.33. The highest BCUT2D eigenvalue weighted by atomic mass is 16.1. The summed E-state index contributed by atoms with van der Waals surface area (Å²) in [6.45, 7) is 1.25. The highest BCUT2D eigenvalue weighted by Crippen LogP contribution is 2.17. The molecule has 33 heavy (non-hydrogen) atoms. The topological polar surface area (TPSA) is 127 Å². The molecule has 1 aliphatic rings. The molecular weight excluding hydrogens is 414 g/mol. The quantitative estimate of drug-likeness (QED) is 0.210. The van der Waals surface area contributed by atoms with Crippen LogP contribution in [0.5, 0.6) is 0 Å². The summed E-state index contributed by atoms with van der Waals surface area (Å²) in [4.78, 5) is 18.3. The first-order valence-corrected chi connectivity index (χ1v) is 10.4. The van der Waals surface area contributed by atoms with E-state index in [-0.39, 0.29) is 17.6 Å². The zero-order chi connectivity index (χ0) is 23.3. The third-order valence-corrected chi connectivity index (χ3v) is 5.05. The Morgan fingerprint density at radius 1 is 0.727 bits per heavy atom. The van der Waals surface area contributed by atoms with Gasteiger partial charge in [0.2, 0.25) is 0 Å². The number of carbonyl (C=O) groups is 1. The molecule has 3 rings (SSSR count). The maximum Gasteiger partial charge on any atom is 0.149 e. The minimum absolute atomic E-state index is 0.178. The Bertz CT molecular complexity index is 1070. The van der Waals surface area contributed by atoms with E-state index in [0.29, 0.717) is 24.5 Å². The van der Waals surface area contributed by atoms with Crippen molar-refractivity contribution in [3.63, 3.8) is 0 Å². The van der Waals surface area contributed by atoms with E-state index in [9.17, 15) is 4.79 Å². The van der Waals surface area contributed by atoms with Crippen LogP contribution in [0.2, 0.25) is 0 Å². The third kappa shape index (κ3) is 7.38. The molecule has 1 N–H and O–H groups in total. The summed E-state index contributed by atoms with van der Waals surface area (Å²) in [6.07, 6.45) is 15.3. The van der Waals surface area contributed by atoms with Crippen LogP contribution in [0.1, 0.15) is 11.1 Å². The monoisotopic (exact) mass is 437 g/mol. The number of ketones is 1. The summed E-state index contributed by atoms with van der Waals surface area (Å²) in [5.41, 5.74) is 20.0. The largest absolute Gasteiger partial charge is 0.315 e. The molecule has 0 amide bonds. The number of piperidine rings is 1. The van der Waals surface area contributed by atoms with E-state index >= 15 is 0 Å². The molecule has 2 unspecified atom stereocenters. The Morgan fingerprint density at radius 2 is 1.15 bits per heavy atom. The van der Waals surface area contributed by atoms with E-state index < -0.39 is 0 Å². The van der Waals surface area contributed by atoms with Gasteiger partial charge in [0.1, 0.15) is 5.78 Å². The highest BCUT2D eigenvalue weighted by molar-refractivity contribution is 5.87. The molecule has 0 radical (unpaired) electrons. The van der Waals surface area contributed by atoms with Crippen molar-refractivity contribution in [3.05, 3.63) is 117 Å². The van der Waals surface area contributed by atoms with Crippen molar-refractivity contribution < 1.29 is 4.79 Å². The molecule has 0 aliphatic carbocycles. The maximum atomic E-state index is 12.8. The van der Waals surface area contributed by atoms with Gasteiger partial charge in [-0.25, -0.2) is 0 Å². The van der Waals surface area contributed by atoms with Gasteiger partial charge >= 0.3 is 0 Å². The maximum absolute atomic E-state index is 12.8. The smallest absolute Gasteiger partial charge is 0.149 e. The zero-order valence-electron chi connectivity index (χ0n) is 17.9. The first kappa shape index (κ1) is 23.3. The average Bonchev–Trinajstić information content (AvgIpc) is 2.84. The second kappa shape index (κ2) is 12.5. The average molecular weight is 438 g/mol. The Labute approximate surface area is 191 Å². The molecule has 0 saturated carbocycles. The Kier molecular flexibility index (Phi) is 8.83. The summed E-state index contributed by atoms with van der Waals surface area (Å²) >= 11 is 0. The molecule has 0 bridgehead atoms. The molecular formula is C25H23N7O. The van der Waals surface area contributed by atoms with Crippen LogP contribution in [-0.4, -0.2) is 18.9 Å². The Hall–Kier alpha value is -4.35. The molecule has 0 aromatic heterocycles. The molecule has 1 aliphatic heterocycles. The van der Waals surface area contributed by atoms with E-state index in [1.807, 2.05) is 72.9 Å². The van der Waals surface area contributed by atoms with E-state index in [1.54, 1.807) is 24.3 Å². The zero-order valence-corrected chi connectivity index (χ0v) is 17.9. The van der Waals surface area contributed by atoms with Crippen molar-refractivity contribution in [2.24, 2.45) is 22.1 Å². The summed E-state index contributed by atoms with van der Waals surface area (Å²) < 4.78 is 0. The summed E-state index contributed by atoms with van der Waals surface area (Å²) in [5, 5.41) is 10.4. The number of carbonyl (C=O) groups excluding carboxylic acids is 1. The van der Waals surface area contributed by atoms with Crippen LogP contribution in [0.3, 0.4) is 0 Å². The SMILES string of the molecule is [N-]=[N+]=Nc1ccc(C=CC=CC2CNCC(C=CC=Cc3ccc(N=[N+]=[N-])cc3)C2=O)cc1. The minimum Gasteiger partial charge on any atom is -0.315 e. The lowest BCUT2D eigenvalue weighted by molar-refractivity contribution is -0.125. The number of hydrogen-bond acceptors (Lipinski definition) is 4. The van der Waals surface area contributed by atoms with Crippen molar-refractivity contribution in [1.29, 1.82) is 0 Å². The molecule has 2 atom stereocenters. The molecule has 8 nitrogen and oxygen atoms in total. The Balaban J connectivity index is 1.53. The summed E-state index contributed by atoms with van der Waals surface area (Å²) in [5.74, 6) is -0.161. The standard InChI is InChI=1S/C25H23N7O/c26-31-29-23-13-9-19(10-14-23)5-1-3-7-21-17-28-18-22(25(21)33)8-4-2-6-20-11-15-24(16-12-20)30-32-27/h1-16,21-22,28H,17-18H2. The lowest BCUT2D eigenvalue weighted by Gasteiger charge is -2.24. The lowest BCUT2D eigenvalue weighted by atomic mass is 9.88. The second-order valence-electron chi connectivity index (χ2n) is 7.32. The van der Waals surface area contributed by atoms with Crippen molar-refractivity contribution in [1.82, 2.24) is 5.32 Å². The lowest BCUT2D eigenvalue weighted by Crippen LogP contribution is -2.42. The number of azide groups is 2. The van der Waals surface area contributed by atoms with E-state index in [0.717, 1.165) is 11.1 Å². The number of benzene rings is 2. The predicted molar refractivity (Wildman–Crippen MR) is 132 cm³/mol. The van der Waals surface area contributed by atoms with E-state index in [4.69, 9.17) is 11.1 Å². The number of hydrogen-bond donors (Lipinski definition) is 1. The molecule has 2 aromatic rings. The number of allylic oxidation sites excluding steroid dienone is 4. The van der Waals surface area contributed by atoms with E-state index in [1.165, 1.54) is 0 Å². The van der Waals surface area contributed by atoms with Crippen LogP contribution in [-0.2, 0) is 4.79 Å². The van der Waals surface area contributed by atoms with Gasteiger partial charge < -0.3 is 5.32 Å². The fourth-order valence-electron chi connectivity index (χ4n) is 3.33. The van der Waals surface area contributed by atoms with Gasteiger partial charge in [0.05, 0.1) is 0 Å². The van der Waals surface area contributed by atoms with Gasteiger partial charge in [-0.05, 0) is 22.2 Å². The number of rotatable bonds is 8. The normalized spacial score (nSPS) is 18.7. The molecule has 1 fully saturated rings. The van der Waals surface area contributed by atoms with Gasteiger partial charge in [-0.15, -0.1) is 0 Å². The van der Waals surface area contributed by atoms with Crippen molar-refractivity contribution in [3.8, 4) is 0 Å². The van der Waals surface area contributed by atoms with Gasteiger partial charge in [0, 0.05) is 46.1 Å². The van der Waals surface area contributed by atoms with E-state index in [2.05, 4.69) is 25.4 Å². The first-order valence-electron chi connectivity index (χ1n) is 10.4. The molecule has 2 aromatic carbocycles. The van der Waals surface area contributed by atoms with Crippen LogP contribution in [0.15, 0.2) is 95.2 Å². The summed E-state index contributed by atoms with van der Waals surface area (Å²) in [6, 6.07) is 14.5. The van der Waals surface area contributed by atoms with Crippen molar-refractivity contribution >= 4 is 29.3 Å². The molecule has 164 valence electrons. The number of nitrogens with zero attached hydrogens (tertiary/aromatic N) is 6. The third-order valence-electron chi connectivity index (χ3n) is 5.05. The first-order chi connectivity index (χ1) is 16.2. The van der Waals surface area contributed by atoms with Crippen LogP contribution < -0.4 is 5.32 Å². The summed E-state index contributed by atoms with van der Waals surface area (Å²) in [7, 11) is 0. The van der Waals surface area contributed by atoms with Crippen LogP contribution in [0, 0.1) is 11.8 Å². The molecule has 1 saturated heterocycles.